The average molecular weight is 346 g/mol. The van der Waals surface area contributed by atoms with Crippen LogP contribution in [-0.2, 0) is 6.54 Å². The molecule has 1 aliphatic heterocycles. The summed E-state index contributed by atoms with van der Waals surface area (Å²) in [7, 11) is 0. The van der Waals surface area contributed by atoms with E-state index in [9.17, 15) is 0 Å². The van der Waals surface area contributed by atoms with Gasteiger partial charge in [0.2, 0.25) is 5.95 Å². The number of hydrogen-bond acceptors (Lipinski definition) is 6. The molecule has 4 rings (SSSR count). The molecule has 1 saturated heterocycles. The van der Waals surface area contributed by atoms with E-state index < -0.39 is 0 Å². The van der Waals surface area contributed by atoms with E-state index in [1.165, 1.54) is 12.0 Å². The van der Waals surface area contributed by atoms with Crippen LogP contribution in [0.1, 0.15) is 30.0 Å². The fraction of sp³-hybridized carbons (Fsp3) is 0.300. The predicted octanol–water partition coefficient (Wildman–Crippen LogP) is 3.39. The van der Waals surface area contributed by atoms with Crippen LogP contribution in [0.3, 0.4) is 0 Å². The lowest BCUT2D eigenvalue weighted by Gasteiger charge is -2.32. The third-order valence-electron chi connectivity index (χ3n) is 4.63. The Bertz CT molecular complexity index is 824. The van der Waals surface area contributed by atoms with E-state index in [1.807, 2.05) is 48.9 Å². The Balaban J connectivity index is 1.44. The molecule has 0 spiro atoms. The Morgan fingerprint density at radius 3 is 2.88 bits per heavy atom. The zero-order chi connectivity index (χ0) is 17.6. The van der Waals surface area contributed by atoms with Crippen molar-refractivity contribution in [3.8, 4) is 0 Å². The highest BCUT2D eigenvalue weighted by Gasteiger charge is 2.22. The van der Waals surface area contributed by atoms with Crippen molar-refractivity contribution in [3.05, 3.63) is 72.4 Å². The summed E-state index contributed by atoms with van der Waals surface area (Å²) in [6.45, 7) is 3.07. The maximum atomic E-state index is 4.73. The van der Waals surface area contributed by atoms with Crippen LogP contribution in [0.25, 0.3) is 0 Å². The SMILES string of the molecule is c1ccc(Nc2nccc([C@H]3CCCN(Cc4cccnc4)C3)n2)nc1. The smallest absolute Gasteiger partial charge is 0.228 e. The van der Waals surface area contributed by atoms with E-state index in [1.54, 1.807) is 6.20 Å². The van der Waals surface area contributed by atoms with Gasteiger partial charge < -0.3 is 5.32 Å². The van der Waals surface area contributed by atoms with Crippen LogP contribution in [0, 0.1) is 0 Å². The minimum Gasteiger partial charge on any atom is -0.309 e. The molecule has 1 N–H and O–H groups in total. The molecule has 132 valence electrons. The second kappa shape index (κ2) is 8.01. The number of aromatic nitrogens is 4. The molecule has 0 unspecified atom stereocenters. The van der Waals surface area contributed by atoms with Gasteiger partial charge in [0.1, 0.15) is 5.82 Å². The van der Waals surface area contributed by atoms with E-state index >= 15 is 0 Å². The lowest BCUT2D eigenvalue weighted by atomic mass is 9.94. The molecule has 4 heterocycles. The van der Waals surface area contributed by atoms with Crippen molar-refractivity contribution in [2.75, 3.05) is 18.4 Å². The molecular weight excluding hydrogens is 324 g/mol. The number of nitrogens with zero attached hydrogens (tertiary/aromatic N) is 5. The van der Waals surface area contributed by atoms with Gasteiger partial charge in [-0.2, -0.15) is 0 Å². The molecule has 0 aliphatic carbocycles. The molecule has 6 nitrogen and oxygen atoms in total. The number of anilines is 2. The first-order valence-corrected chi connectivity index (χ1v) is 8.99. The van der Waals surface area contributed by atoms with Crippen molar-refractivity contribution in [2.24, 2.45) is 0 Å². The maximum absolute atomic E-state index is 4.73. The Labute approximate surface area is 153 Å². The van der Waals surface area contributed by atoms with Crippen LogP contribution in [-0.4, -0.2) is 37.9 Å². The summed E-state index contributed by atoms with van der Waals surface area (Å²) in [6.07, 6.45) is 9.68. The predicted molar refractivity (Wildman–Crippen MR) is 101 cm³/mol. The average Bonchev–Trinajstić information content (AvgIpc) is 2.70. The van der Waals surface area contributed by atoms with Gasteiger partial charge in [0.25, 0.3) is 0 Å². The molecule has 1 aliphatic rings. The number of pyridine rings is 2. The molecule has 0 radical (unpaired) electrons. The Morgan fingerprint density at radius 2 is 2.04 bits per heavy atom. The molecule has 0 bridgehead atoms. The first-order chi connectivity index (χ1) is 12.9. The molecule has 3 aromatic heterocycles. The summed E-state index contributed by atoms with van der Waals surface area (Å²) in [4.78, 5) is 20.0. The van der Waals surface area contributed by atoms with Crippen molar-refractivity contribution < 1.29 is 0 Å². The maximum Gasteiger partial charge on any atom is 0.228 e. The quantitative estimate of drug-likeness (QED) is 0.764. The van der Waals surface area contributed by atoms with E-state index in [0.717, 1.165) is 37.6 Å². The van der Waals surface area contributed by atoms with Gasteiger partial charge >= 0.3 is 0 Å². The number of likely N-dealkylation sites (tertiary alicyclic amines) is 1. The fourth-order valence-electron chi connectivity index (χ4n) is 3.40. The van der Waals surface area contributed by atoms with Gasteiger partial charge in [-0.3, -0.25) is 9.88 Å². The highest BCUT2D eigenvalue weighted by atomic mass is 15.2. The largest absolute Gasteiger partial charge is 0.309 e. The highest BCUT2D eigenvalue weighted by molar-refractivity contribution is 5.46. The first-order valence-electron chi connectivity index (χ1n) is 8.99. The monoisotopic (exact) mass is 346 g/mol. The molecule has 0 amide bonds. The van der Waals surface area contributed by atoms with Crippen molar-refractivity contribution in [3.63, 3.8) is 0 Å². The number of piperidine rings is 1. The van der Waals surface area contributed by atoms with Crippen molar-refractivity contribution in [2.45, 2.75) is 25.3 Å². The van der Waals surface area contributed by atoms with Crippen LogP contribution in [0.5, 0.6) is 0 Å². The van der Waals surface area contributed by atoms with Gasteiger partial charge in [0, 0.05) is 43.8 Å². The zero-order valence-electron chi connectivity index (χ0n) is 14.6. The molecule has 1 fully saturated rings. The zero-order valence-corrected chi connectivity index (χ0v) is 14.6. The fourth-order valence-corrected chi connectivity index (χ4v) is 3.40. The van der Waals surface area contributed by atoms with Gasteiger partial charge in [-0.15, -0.1) is 0 Å². The third-order valence-corrected chi connectivity index (χ3v) is 4.63. The van der Waals surface area contributed by atoms with Crippen LogP contribution < -0.4 is 5.32 Å². The third kappa shape index (κ3) is 4.21. The molecule has 1 atom stereocenters. The second-order valence-electron chi connectivity index (χ2n) is 6.58. The molecule has 0 saturated carbocycles. The Kier molecular flexibility index (Phi) is 5.12. The number of hydrogen-bond donors (Lipinski definition) is 1. The molecule has 3 aromatic rings. The Hall–Kier alpha value is -2.86. The van der Waals surface area contributed by atoms with Crippen LogP contribution in [0.15, 0.2) is 61.2 Å². The van der Waals surface area contributed by atoms with Gasteiger partial charge in [-0.05, 0) is 49.2 Å². The van der Waals surface area contributed by atoms with Crippen molar-refractivity contribution >= 4 is 11.8 Å². The topological polar surface area (TPSA) is 66.8 Å². The minimum absolute atomic E-state index is 0.424. The summed E-state index contributed by atoms with van der Waals surface area (Å²) in [5, 5.41) is 3.18. The van der Waals surface area contributed by atoms with Gasteiger partial charge in [0.05, 0.1) is 5.69 Å². The highest BCUT2D eigenvalue weighted by Crippen LogP contribution is 2.27. The first kappa shape index (κ1) is 16.6. The van der Waals surface area contributed by atoms with E-state index in [-0.39, 0.29) is 0 Å². The van der Waals surface area contributed by atoms with Crippen LogP contribution >= 0.6 is 0 Å². The molecular formula is C20H22N6. The lowest BCUT2D eigenvalue weighted by molar-refractivity contribution is 0.198. The van der Waals surface area contributed by atoms with Gasteiger partial charge in [-0.25, -0.2) is 15.0 Å². The van der Waals surface area contributed by atoms with Crippen molar-refractivity contribution in [1.82, 2.24) is 24.8 Å². The van der Waals surface area contributed by atoms with Gasteiger partial charge in [0.15, 0.2) is 0 Å². The summed E-state index contributed by atoms with van der Waals surface area (Å²) in [5.74, 6) is 1.78. The Morgan fingerprint density at radius 1 is 1.04 bits per heavy atom. The van der Waals surface area contributed by atoms with E-state index in [4.69, 9.17) is 4.98 Å². The minimum atomic E-state index is 0.424. The summed E-state index contributed by atoms with van der Waals surface area (Å²) >= 11 is 0. The van der Waals surface area contributed by atoms with Crippen LogP contribution in [0.4, 0.5) is 11.8 Å². The van der Waals surface area contributed by atoms with Crippen LogP contribution in [0.2, 0.25) is 0 Å². The lowest BCUT2D eigenvalue weighted by Crippen LogP contribution is -2.34. The van der Waals surface area contributed by atoms with E-state index in [2.05, 4.69) is 31.2 Å². The van der Waals surface area contributed by atoms with Crippen molar-refractivity contribution in [1.29, 1.82) is 0 Å². The molecule has 26 heavy (non-hydrogen) atoms. The number of nitrogens with one attached hydrogen (secondary N) is 1. The normalized spacial score (nSPS) is 17.8. The molecule has 6 heteroatoms. The summed E-state index contributed by atoms with van der Waals surface area (Å²) in [6, 6.07) is 11.9. The standard InChI is InChI=1S/C20H22N6/c1-2-10-22-19(7-1)25-20-23-11-8-18(24-20)17-6-4-12-26(15-17)14-16-5-3-9-21-13-16/h1-3,5,7-11,13,17H,4,6,12,14-15H2,(H,22,23,24,25)/t17-/m0/s1. The summed E-state index contributed by atoms with van der Waals surface area (Å²) < 4.78 is 0. The molecule has 0 aromatic carbocycles. The van der Waals surface area contributed by atoms with E-state index in [0.29, 0.717) is 11.9 Å². The van der Waals surface area contributed by atoms with Gasteiger partial charge in [-0.1, -0.05) is 12.1 Å². The second-order valence-corrected chi connectivity index (χ2v) is 6.58. The number of rotatable bonds is 5. The summed E-state index contributed by atoms with van der Waals surface area (Å²) in [5.41, 5.74) is 2.35.